The summed E-state index contributed by atoms with van der Waals surface area (Å²) in [5.74, 6) is 0.786. The Morgan fingerprint density at radius 2 is 1.81 bits per heavy atom. The van der Waals surface area contributed by atoms with Crippen LogP contribution in [0.15, 0.2) is 0 Å². The molecule has 0 saturated carbocycles. The second-order valence-electron chi connectivity index (χ2n) is 6.30. The van der Waals surface area contributed by atoms with Crippen molar-refractivity contribution in [2.24, 2.45) is 5.92 Å². The maximum absolute atomic E-state index is 6.29. The van der Waals surface area contributed by atoms with E-state index in [1.165, 1.54) is 12.5 Å². The van der Waals surface area contributed by atoms with Gasteiger partial charge in [0.15, 0.2) is 8.32 Å². The van der Waals surface area contributed by atoms with E-state index in [4.69, 9.17) is 4.43 Å². The minimum atomic E-state index is -1.57. The number of hydrogen-bond donors (Lipinski definition) is 0. The van der Waals surface area contributed by atoms with Crippen molar-refractivity contribution in [3.63, 3.8) is 0 Å². The van der Waals surface area contributed by atoms with E-state index in [1.54, 1.807) is 0 Å². The van der Waals surface area contributed by atoms with Crippen molar-refractivity contribution in [1.82, 2.24) is 0 Å². The number of alkyl halides is 1. The average molecular weight is 309 g/mol. The zero-order valence-corrected chi connectivity index (χ0v) is 14.5. The molecule has 0 aliphatic carbocycles. The van der Waals surface area contributed by atoms with Gasteiger partial charge in [-0.3, -0.25) is 0 Å². The lowest BCUT2D eigenvalue weighted by Crippen LogP contribution is -2.44. The highest BCUT2D eigenvalue weighted by molar-refractivity contribution is 9.09. The molecule has 0 rings (SSSR count). The van der Waals surface area contributed by atoms with Gasteiger partial charge in [0.1, 0.15) is 0 Å². The van der Waals surface area contributed by atoms with Gasteiger partial charge in [0.05, 0.1) is 0 Å². The van der Waals surface area contributed by atoms with Crippen LogP contribution in [0.4, 0.5) is 0 Å². The van der Waals surface area contributed by atoms with E-state index in [0.717, 1.165) is 24.3 Å². The molecule has 1 unspecified atom stereocenters. The third-order valence-corrected chi connectivity index (χ3v) is 9.30. The van der Waals surface area contributed by atoms with E-state index in [2.05, 4.69) is 57.1 Å². The minimum Gasteiger partial charge on any atom is -0.417 e. The summed E-state index contributed by atoms with van der Waals surface area (Å²) >= 11 is 3.47. The fourth-order valence-corrected chi connectivity index (χ4v) is 4.86. The maximum Gasteiger partial charge on any atom is 0.195 e. The smallest absolute Gasteiger partial charge is 0.195 e. The summed E-state index contributed by atoms with van der Waals surface area (Å²) in [5.41, 5.74) is 0. The minimum absolute atomic E-state index is 0.341. The van der Waals surface area contributed by atoms with Crippen LogP contribution in [0.1, 0.15) is 47.5 Å². The largest absolute Gasteiger partial charge is 0.417 e. The van der Waals surface area contributed by atoms with E-state index >= 15 is 0 Å². The van der Waals surface area contributed by atoms with Crippen LogP contribution in [0.25, 0.3) is 0 Å². The summed E-state index contributed by atoms with van der Waals surface area (Å²) in [7, 11) is -1.57. The summed E-state index contributed by atoms with van der Waals surface area (Å²) in [5, 5.41) is 1.39. The van der Waals surface area contributed by atoms with E-state index in [1.807, 2.05) is 0 Å². The zero-order valence-electron chi connectivity index (χ0n) is 11.9. The second kappa shape index (κ2) is 7.17. The third-order valence-electron chi connectivity index (χ3n) is 3.48. The molecule has 0 aliphatic heterocycles. The third kappa shape index (κ3) is 5.83. The molecule has 0 heterocycles. The first-order valence-corrected chi connectivity index (χ1v) is 10.2. The highest BCUT2D eigenvalue weighted by Gasteiger charge is 2.41. The first-order chi connectivity index (χ1) is 7.23. The Morgan fingerprint density at radius 1 is 1.25 bits per heavy atom. The van der Waals surface area contributed by atoms with Gasteiger partial charge >= 0.3 is 0 Å². The summed E-state index contributed by atoms with van der Waals surface area (Å²) in [6.45, 7) is 15.0. The van der Waals surface area contributed by atoms with Gasteiger partial charge in [-0.2, -0.15) is 0 Å². The molecular weight excluding hydrogens is 280 g/mol. The molecular formula is C13H29BrOSi. The number of halogens is 1. The predicted molar refractivity (Wildman–Crippen MR) is 80.0 cm³/mol. The fourth-order valence-electron chi connectivity index (χ4n) is 1.58. The van der Waals surface area contributed by atoms with Crippen LogP contribution in [0.5, 0.6) is 0 Å². The SMILES string of the molecule is CC(C)CC[Si](C)(OCCCBr)C(C)(C)C. The van der Waals surface area contributed by atoms with Crippen LogP contribution in [-0.2, 0) is 4.43 Å². The molecule has 16 heavy (non-hydrogen) atoms. The van der Waals surface area contributed by atoms with Crippen molar-refractivity contribution < 1.29 is 4.43 Å². The Labute approximate surface area is 112 Å². The second-order valence-corrected chi connectivity index (χ2v) is 11.8. The summed E-state index contributed by atoms with van der Waals surface area (Å²) < 4.78 is 6.29. The topological polar surface area (TPSA) is 9.23 Å². The first kappa shape index (κ1) is 16.7. The Kier molecular flexibility index (Phi) is 7.47. The molecule has 0 spiro atoms. The standard InChI is InChI=1S/C13H29BrOSi/c1-12(2)8-11-16(6,13(3,4)5)15-10-7-9-14/h12H,7-11H2,1-6H3. The number of rotatable bonds is 7. The molecule has 0 aromatic carbocycles. The van der Waals surface area contributed by atoms with Crippen LogP contribution in [0.3, 0.4) is 0 Å². The van der Waals surface area contributed by atoms with Crippen LogP contribution >= 0.6 is 15.9 Å². The molecule has 98 valence electrons. The highest BCUT2D eigenvalue weighted by Crippen LogP contribution is 2.41. The van der Waals surface area contributed by atoms with Crippen molar-refractivity contribution in [2.75, 3.05) is 11.9 Å². The van der Waals surface area contributed by atoms with E-state index in [0.29, 0.717) is 5.04 Å². The Bertz CT molecular complexity index is 189. The fraction of sp³-hybridized carbons (Fsp3) is 1.00. The van der Waals surface area contributed by atoms with Crippen molar-refractivity contribution in [3.8, 4) is 0 Å². The Morgan fingerprint density at radius 3 is 2.19 bits per heavy atom. The van der Waals surface area contributed by atoms with Gasteiger partial charge in [-0.25, -0.2) is 0 Å². The summed E-state index contributed by atoms with van der Waals surface area (Å²) in [6.07, 6.45) is 2.43. The summed E-state index contributed by atoms with van der Waals surface area (Å²) in [4.78, 5) is 0. The van der Waals surface area contributed by atoms with Crippen molar-refractivity contribution >= 4 is 24.2 Å². The molecule has 0 N–H and O–H groups in total. The zero-order chi connectivity index (χ0) is 12.8. The van der Waals surface area contributed by atoms with Gasteiger partial charge in [0.25, 0.3) is 0 Å². The van der Waals surface area contributed by atoms with E-state index in [9.17, 15) is 0 Å². The normalized spacial score (nSPS) is 16.5. The van der Waals surface area contributed by atoms with Crippen molar-refractivity contribution in [2.45, 2.75) is 65.1 Å². The van der Waals surface area contributed by atoms with Crippen molar-refractivity contribution in [3.05, 3.63) is 0 Å². The molecule has 1 nitrogen and oxygen atoms in total. The average Bonchev–Trinajstić information content (AvgIpc) is 2.13. The Balaban J connectivity index is 4.37. The van der Waals surface area contributed by atoms with E-state index in [-0.39, 0.29) is 0 Å². The molecule has 0 aromatic heterocycles. The Hall–Kier alpha value is 0.657. The first-order valence-electron chi connectivity index (χ1n) is 6.43. The quantitative estimate of drug-likeness (QED) is 0.356. The van der Waals surface area contributed by atoms with Gasteiger partial charge in [-0.05, 0) is 30.0 Å². The molecule has 0 amide bonds. The van der Waals surface area contributed by atoms with Gasteiger partial charge in [0, 0.05) is 11.9 Å². The molecule has 0 aliphatic rings. The predicted octanol–water partition coefficient (Wildman–Crippen LogP) is 5.21. The molecule has 0 radical (unpaired) electrons. The molecule has 0 fully saturated rings. The van der Waals surface area contributed by atoms with Crippen LogP contribution in [-0.4, -0.2) is 20.3 Å². The van der Waals surface area contributed by atoms with Crippen LogP contribution in [0, 0.1) is 5.92 Å². The molecule has 0 saturated heterocycles. The van der Waals surface area contributed by atoms with Gasteiger partial charge < -0.3 is 4.43 Å². The summed E-state index contributed by atoms with van der Waals surface area (Å²) in [6, 6.07) is 1.29. The lowest BCUT2D eigenvalue weighted by molar-refractivity contribution is 0.281. The van der Waals surface area contributed by atoms with Crippen LogP contribution in [0.2, 0.25) is 17.6 Å². The lowest BCUT2D eigenvalue weighted by atomic mass is 10.2. The molecule has 0 aromatic rings. The lowest BCUT2D eigenvalue weighted by Gasteiger charge is -2.40. The monoisotopic (exact) mass is 308 g/mol. The van der Waals surface area contributed by atoms with Crippen molar-refractivity contribution in [1.29, 1.82) is 0 Å². The molecule has 1 atom stereocenters. The molecule has 0 bridgehead atoms. The van der Waals surface area contributed by atoms with E-state index < -0.39 is 8.32 Å². The van der Waals surface area contributed by atoms with Gasteiger partial charge in [-0.15, -0.1) is 0 Å². The highest BCUT2D eigenvalue weighted by atomic mass is 79.9. The van der Waals surface area contributed by atoms with Gasteiger partial charge in [0.2, 0.25) is 0 Å². The maximum atomic E-state index is 6.29. The van der Waals surface area contributed by atoms with Crippen LogP contribution < -0.4 is 0 Å². The van der Waals surface area contributed by atoms with Gasteiger partial charge in [-0.1, -0.05) is 57.0 Å². The number of hydrogen-bond acceptors (Lipinski definition) is 1. The molecule has 3 heteroatoms.